The molecular formula is C26H22FN7O2. The van der Waals surface area contributed by atoms with E-state index in [1.165, 1.54) is 17.1 Å². The van der Waals surface area contributed by atoms with Gasteiger partial charge in [-0.15, -0.1) is 0 Å². The summed E-state index contributed by atoms with van der Waals surface area (Å²) in [5.41, 5.74) is 6.18. The van der Waals surface area contributed by atoms with Crippen LogP contribution in [0.5, 0.6) is 0 Å². The van der Waals surface area contributed by atoms with Crippen LogP contribution in [0, 0.1) is 22.9 Å². The normalized spacial score (nSPS) is 12.8. The summed E-state index contributed by atoms with van der Waals surface area (Å²) in [6.45, 7) is 2.61. The lowest BCUT2D eigenvalue weighted by Crippen LogP contribution is -2.05. The molecule has 0 spiro atoms. The van der Waals surface area contributed by atoms with E-state index in [1.54, 1.807) is 24.0 Å². The highest BCUT2D eigenvalue weighted by molar-refractivity contribution is 6.00. The zero-order chi connectivity index (χ0) is 25.0. The molecule has 1 N–H and O–H groups in total. The number of halogens is 1. The number of para-hydroxylation sites is 1. The molecule has 1 aliphatic heterocycles. The van der Waals surface area contributed by atoms with E-state index in [0.717, 1.165) is 53.2 Å². The average Bonchev–Trinajstić information content (AvgIpc) is 3.46. The highest BCUT2D eigenvalue weighted by Gasteiger charge is 2.22. The van der Waals surface area contributed by atoms with Crippen LogP contribution < -0.4 is 5.32 Å². The summed E-state index contributed by atoms with van der Waals surface area (Å²) in [6.07, 6.45) is 9.65. The molecule has 2 aromatic carbocycles. The molecule has 36 heavy (non-hydrogen) atoms. The van der Waals surface area contributed by atoms with E-state index in [2.05, 4.69) is 44.4 Å². The van der Waals surface area contributed by atoms with Gasteiger partial charge in [0.1, 0.15) is 0 Å². The Labute approximate surface area is 205 Å². The van der Waals surface area contributed by atoms with Gasteiger partial charge < -0.3 is 9.88 Å². The van der Waals surface area contributed by atoms with Crippen molar-refractivity contribution in [2.75, 3.05) is 5.32 Å². The highest BCUT2D eigenvalue weighted by atomic mass is 19.1. The second-order valence-corrected chi connectivity index (χ2v) is 9.01. The molecule has 3 aromatic heterocycles. The fourth-order valence-corrected chi connectivity index (χ4v) is 4.92. The summed E-state index contributed by atoms with van der Waals surface area (Å²) in [5, 5.41) is 19.7. The van der Waals surface area contributed by atoms with E-state index in [1.807, 2.05) is 13.2 Å². The Morgan fingerprint density at radius 1 is 1.17 bits per heavy atom. The van der Waals surface area contributed by atoms with Crippen molar-refractivity contribution in [1.29, 1.82) is 0 Å². The minimum absolute atomic E-state index is 0.258. The van der Waals surface area contributed by atoms with Crippen LogP contribution in [0.4, 0.5) is 21.7 Å². The number of nitrogens with zero attached hydrogens (tertiary/aromatic N) is 6. The van der Waals surface area contributed by atoms with Gasteiger partial charge in [-0.2, -0.15) is 9.49 Å². The molecule has 0 radical (unpaired) electrons. The molecule has 0 saturated carbocycles. The zero-order valence-electron chi connectivity index (χ0n) is 19.7. The molecule has 0 aliphatic carbocycles. The molecule has 0 unspecified atom stereocenters. The van der Waals surface area contributed by atoms with Crippen LogP contribution in [-0.4, -0.2) is 29.2 Å². The Morgan fingerprint density at radius 2 is 2.03 bits per heavy atom. The number of benzene rings is 2. The molecule has 1 aliphatic rings. The van der Waals surface area contributed by atoms with Crippen molar-refractivity contribution in [1.82, 2.24) is 24.3 Å². The number of hydrogen-bond acceptors (Lipinski definition) is 6. The Balaban J connectivity index is 1.53. The summed E-state index contributed by atoms with van der Waals surface area (Å²) >= 11 is 0. The maximum atomic E-state index is 14.1. The van der Waals surface area contributed by atoms with E-state index in [-0.39, 0.29) is 5.95 Å². The van der Waals surface area contributed by atoms with E-state index >= 15 is 0 Å². The monoisotopic (exact) mass is 483 g/mol. The minimum atomic E-state index is -0.884. The van der Waals surface area contributed by atoms with Crippen LogP contribution in [-0.2, 0) is 20.0 Å². The predicted octanol–water partition coefficient (Wildman–Crippen LogP) is 5.54. The fourth-order valence-electron chi connectivity index (χ4n) is 4.92. The lowest BCUT2D eigenvalue weighted by Gasteiger charge is -2.14. The second kappa shape index (κ2) is 8.26. The minimum Gasteiger partial charge on any atom is -0.347 e. The van der Waals surface area contributed by atoms with Gasteiger partial charge in [0.2, 0.25) is 11.8 Å². The lowest BCUT2D eigenvalue weighted by molar-refractivity contribution is -0.387. The Hall–Kier alpha value is -4.60. The van der Waals surface area contributed by atoms with Crippen LogP contribution in [0.3, 0.4) is 0 Å². The van der Waals surface area contributed by atoms with E-state index in [4.69, 9.17) is 4.98 Å². The average molecular weight is 484 g/mol. The highest BCUT2D eigenvalue weighted by Crippen LogP contribution is 2.39. The third kappa shape index (κ3) is 3.58. The molecule has 9 nitrogen and oxygen atoms in total. The molecule has 10 heteroatoms. The molecular weight excluding hydrogens is 461 g/mol. The van der Waals surface area contributed by atoms with Crippen molar-refractivity contribution in [3.63, 3.8) is 0 Å². The first-order valence-electron chi connectivity index (χ1n) is 11.6. The van der Waals surface area contributed by atoms with Crippen LogP contribution >= 0.6 is 0 Å². The third-order valence-corrected chi connectivity index (χ3v) is 6.62. The largest absolute Gasteiger partial charge is 0.347 e. The smallest absolute Gasteiger partial charge is 0.306 e. The first-order chi connectivity index (χ1) is 17.4. The van der Waals surface area contributed by atoms with Crippen molar-refractivity contribution in [3.05, 3.63) is 82.2 Å². The third-order valence-electron chi connectivity index (χ3n) is 6.62. The molecule has 0 amide bonds. The van der Waals surface area contributed by atoms with Gasteiger partial charge in [-0.1, -0.05) is 18.2 Å². The van der Waals surface area contributed by atoms with Gasteiger partial charge in [0.25, 0.3) is 0 Å². The number of aryl methyl sites for hydroxylation is 4. The molecule has 5 aromatic rings. The number of anilines is 2. The standard InChI is InChI=1S/C26H22FN7O2/c1-15-9-21(27)23(34(35)36)10-22(15)30-26-28-12-19(17-11-29-32(2)13-17)24(31-26)20-14-33-8-4-6-16-5-3-7-18(20)25(16)33/h3,5,7,9-14H,4,6,8H2,1-2H3,(H,28,30,31). The summed E-state index contributed by atoms with van der Waals surface area (Å²) in [5.74, 6) is -0.626. The van der Waals surface area contributed by atoms with Crippen LogP contribution in [0.1, 0.15) is 17.5 Å². The Bertz CT molecular complexity index is 1670. The number of aromatic nitrogens is 5. The number of nitrogens with one attached hydrogen (secondary N) is 1. The van der Waals surface area contributed by atoms with Gasteiger partial charge >= 0.3 is 5.69 Å². The number of nitro groups is 1. The van der Waals surface area contributed by atoms with Crippen molar-refractivity contribution in [3.8, 4) is 22.4 Å². The number of rotatable bonds is 5. The first kappa shape index (κ1) is 21.9. The molecule has 0 atom stereocenters. The summed E-state index contributed by atoms with van der Waals surface area (Å²) < 4.78 is 18.1. The van der Waals surface area contributed by atoms with Gasteiger partial charge in [0, 0.05) is 60.3 Å². The van der Waals surface area contributed by atoms with Crippen molar-refractivity contribution < 1.29 is 9.31 Å². The second-order valence-electron chi connectivity index (χ2n) is 9.01. The number of nitro benzene ring substituents is 1. The Morgan fingerprint density at radius 3 is 2.81 bits per heavy atom. The number of hydrogen-bond donors (Lipinski definition) is 1. The quantitative estimate of drug-likeness (QED) is 0.260. The molecule has 0 saturated heterocycles. The summed E-state index contributed by atoms with van der Waals surface area (Å²) in [4.78, 5) is 19.9. The first-order valence-corrected chi connectivity index (χ1v) is 11.6. The summed E-state index contributed by atoms with van der Waals surface area (Å²) in [7, 11) is 1.85. The van der Waals surface area contributed by atoms with Gasteiger partial charge in [-0.25, -0.2) is 9.97 Å². The van der Waals surface area contributed by atoms with Crippen LogP contribution in [0.15, 0.2) is 55.1 Å². The molecule has 180 valence electrons. The molecule has 0 fully saturated rings. The fraction of sp³-hybridized carbons (Fsp3) is 0.192. The topological polar surface area (TPSA) is 104 Å². The van der Waals surface area contributed by atoms with Crippen molar-refractivity contribution in [2.45, 2.75) is 26.3 Å². The summed E-state index contributed by atoms with van der Waals surface area (Å²) in [6, 6.07) is 8.65. The molecule has 0 bridgehead atoms. The van der Waals surface area contributed by atoms with Gasteiger partial charge in [-0.3, -0.25) is 14.8 Å². The van der Waals surface area contributed by atoms with E-state index < -0.39 is 16.4 Å². The van der Waals surface area contributed by atoms with Crippen LogP contribution in [0.25, 0.3) is 33.3 Å². The molecule has 4 heterocycles. The zero-order valence-corrected chi connectivity index (χ0v) is 19.7. The lowest BCUT2D eigenvalue weighted by atomic mass is 9.99. The van der Waals surface area contributed by atoms with E-state index in [9.17, 15) is 14.5 Å². The molecule has 6 rings (SSSR count). The predicted molar refractivity (Wildman–Crippen MR) is 135 cm³/mol. The SMILES string of the molecule is Cc1cc(F)c([N+](=O)[O-])cc1Nc1ncc(-c2cnn(C)c2)c(-c2cn3c4c(cccc24)CCC3)n1. The maximum absolute atomic E-state index is 14.1. The van der Waals surface area contributed by atoms with Gasteiger partial charge in [0.15, 0.2) is 0 Å². The van der Waals surface area contributed by atoms with E-state index in [0.29, 0.717) is 11.3 Å². The van der Waals surface area contributed by atoms with Gasteiger partial charge in [-0.05, 0) is 37.0 Å². The maximum Gasteiger partial charge on any atom is 0.306 e. The van der Waals surface area contributed by atoms with Gasteiger partial charge in [0.05, 0.1) is 28.0 Å². The Kier molecular flexibility index (Phi) is 5.03. The van der Waals surface area contributed by atoms with Crippen molar-refractivity contribution in [2.24, 2.45) is 7.05 Å². The van der Waals surface area contributed by atoms with Crippen molar-refractivity contribution >= 4 is 28.2 Å². The van der Waals surface area contributed by atoms with Crippen LogP contribution in [0.2, 0.25) is 0 Å².